The summed E-state index contributed by atoms with van der Waals surface area (Å²) in [6.45, 7) is 3.98. The van der Waals surface area contributed by atoms with Crippen molar-refractivity contribution in [1.29, 1.82) is 0 Å². The van der Waals surface area contributed by atoms with E-state index in [0.29, 0.717) is 0 Å². The number of aliphatic carboxylic acids is 1. The maximum Gasteiger partial charge on any atom is 0.307 e. The zero-order valence-corrected chi connectivity index (χ0v) is 9.40. The maximum atomic E-state index is 11.1. The smallest absolute Gasteiger partial charge is 0.307 e. The Kier molecular flexibility index (Phi) is 2.27. The van der Waals surface area contributed by atoms with Crippen molar-refractivity contribution >= 4 is 5.97 Å². The number of hydrogen-bond acceptors (Lipinski definition) is 1. The predicted octanol–water partition coefficient (Wildman–Crippen LogP) is 2.49. The van der Waals surface area contributed by atoms with Gasteiger partial charge >= 0.3 is 5.97 Å². The summed E-state index contributed by atoms with van der Waals surface area (Å²) in [6.07, 6.45) is 5.28. The molecule has 2 nitrogen and oxygen atoms in total. The molecule has 2 heteroatoms. The number of terminal acetylenes is 1. The van der Waals surface area contributed by atoms with Gasteiger partial charge in [-0.15, -0.1) is 6.42 Å². The zero-order chi connectivity index (χ0) is 11.9. The molecule has 0 spiro atoms. The lowest BCUT2D eigenvalue weighted by Gasteiger charge is -2.02. The van der Waals surface area contributed by atoms with Gasteiger partial charge < -0.3 is 5.11 Å². The molecule has 82 valence electrons. The molecule has 0 bridgehead atoms. The quantitative estimate of drug-likeness (QED) is 0.768. The standard InChI is InChI=1S/C14H14O2/c1-4-9-5-7-10(8-6-9)11-12(13(15)16)14(11,2)3/h1,5-8,11-12H,2-3H3,(H,15,16)/t11-,12+/m0/s1. The monoisotopic (exact) mass is 214 g/mol. The predicted molar refractivity (Wildman–Crippen MR) is 62.0 cm³/mol. The van der Waals surface area contributed by atoms with Gasteiger partial charge in [0.05, 0.1) is 5.92 Å². The first-order valence-electron chi connectivity index (χ1n) is 5.28. The summed E-state index contributed by atoms with van der Waals surface area (Å²) >= 11 is 0. The van der Waals surface area contributed by atoms with Crippen LogP contribution in [0.5, 0.6) is 0 Å². The summed E-state index contributed by atoms with van der Waals surface area (Å²) in [5.41, 5.74) is 1.74. The van der Waals surface area contributed by atoms with E-state index in [0.717, 1.165) is 11.1 Å². The summed E-state index contributed by atoms with van der Waals surface area (Å²) in [5.74, 6) is 1.67. The summed E-state index contributed by atoms with van der Waals surface area (Å²) in [5, 5.41) is 9.09. The fraction of sp³-hybridized carbons (Fsp3) is 0.357. The molecule has 0 saturated heterocycles. The van der Waals surface area contributed by atoms with E-state index in [-0.39, 0.29) is 17.3 Å². The van der Waals surface area contributed by atoms with Gasteiger partial charge in [0.25, 0.3) is 0 Å². The molecule has 1 aromatic carbocycles. The van der Waals surface area contributed by atoms with Crippen molar-refractivity contribution in [3.8, 4) is 12.3 Å². The highest BCUT2D eigenvalue weighted by Gasteiger charge is 2.62. The van der Waals surface area contributed by atoms with Gasteiger partial charge in [0.2, 0.25) is 0 Å². The number of benzene rings is 1. The molecular formula is C14H14O2. The summed E-state index contributed by atoms with van der Waals surface area (Å²) in [7, 11) is 0. The van der Waals surface area contributed by atoms with Crippen LogP contribution in [0, 0.1) is 23.7 Å². The highest BCUT2D eigenvalue weighted by molar-refractivity contribution is 5.77. The first kappa shape index (κ1) is 10.8. The van der Waals surface area contributed by atoms with E-state index in [1.54, 1.807) is 0 Å². The van der Waals surface area contributed by atoms with E-state index in [1.807, 2.05) is 38.1 Å². The van der Waals surface area contributed by atoms with Gasteiger partial charge in [0.1, 0.15) is 0 Å². The minimum absolute atomic E-state index is 0.108. The van der Waals surface area contributed by atoms with Gasteiger partial charge in [-0.05, 0) is 23.1 Å². The number of carboxylic acids is 1. The highest BCUT2D eigenvalue weighted by atomic mass is 16.4. The van der Waals surface area contributed by atoms with E-state index < -0.39 is 5.97 Å². The molecule has 2 rings (SSSR count). The second-order valence-corrected chi connectivity index (χ2v) is 4.88. The molecular weight excluding hydrogens is 200 g/mol. The molecule has 0 radical (unpaired) electrons. The Morgan fingerprint density at radius 1 is 1.38 bits per heavy atom. The topological polar surface area (TPSA) is 37.3 Å². The van der Waals surface area contributed by atoms with E-state index in [2.05, 4.69) is 5.92 Å². The third-order valence-electron chi connectivity index (χ3n) is 3.53. The van der Waals surface area contributed by atoms with Crippen LogP contribution in [0.25, 0.3) is 0 Å². The van der Waals surface area contributed by atoms with Gasteiger partial charge in [-0.25, -0.2) is 0 Å². The van der Waals surface area contributed by atoms with Crippen molar-refractivity contribution in [1.82, 2.24) is 0 Å². The zero-order valence-electron chi connectivity index (χ0n) is 9.40. The molecule has 0 aromatic heterocycles. The fourth-order valence-corrected chi connectivity index (χ4v) is 2.51. The molecule has 0 aliphatic heterocycles. The van der Waals surface area contributed by atoms with Crippen LogP contribution < -0.4 is 0 Å². The normalized spacial score (nSPS) is 25.8. The molecule has 1 aliphatic rings. The van der Waals surface area contributed by atoms with Gasteiger partial charge in [0.15, 0.2) is 0 Å². The van der Waals surface area contributed by atoms with Crippen molar-refractivity contribution in [2.45, 2.75) is 19.8 Å². The second-order valence-electron chi connectivity index (χ2n) is 4.88. The lowest BCUT2D eigenvalue weighted by Crippen LogP contribution is -2.03. The lowest BCUT2D eigenvalue weighted by molar-refractivity contribution is -0.139. The van der Waals surface area contributed by atoms with Gasteiger partial charge in [-0.2, -0.15) is 0 Å². The van der Waals surface area contributed by atoms with Crippen molar-refractivity contribution in [3.63, 3.8) is 0 Å². The van der Waals surface area contributed by atoms with Crippen LogP contribution in [0.4, 0.5) is 0 Å². The van der Waals surface area contributed by atoms with Crippen molar-refractivity contribution in [2.75, 3.05) is 0 Å². The first-order valence-corrected chi connectivity index (χ1v) is 5.28. The molecule has 16 heavy (non-hydrogen) atoms. The Morgan fingerprint density at radius 3 is 2.31 bits per heavy atom. The number of carboxylic acid groups (broad SMARTS) is 1. The van der Waals surface area contributed by atoms with Gasteiger partial charge in [-0.1, -0.05) is 31.9 Å². The van der Waals surface area contributed by atoms with Crippen LogP contribution in [0.15, 0.2) is 24.3 Å². The third kappa shape index (κ3) is 1.49. The summed E-state index contributed by atoms with van der Waals surface area (Å²) in [4.78, 5) is 11.1. The molecule has 0 heterocycles. The molecule has 1 fully saturated rings. The Hall–Kier alpha value is -1.75. The van der Waals surface area contributed by atoms with Crippen LogP contribution in [-0.4, -0.2) is 11.1 Å². The van der Waals surface area contributed by atoms with E-state index >= 15 is 0 Å². The minimum Gasteiger partial charge on any atom is -0.481 e. The van der Waals surface area contributed by atoms with Gasteiger partial charge in [-0.3, -0.25) is 4.79 Å². The number of hydrogen-bond donors (Lipinski definition) is 1. The Bertz CT molecular complexity index is 463. The Balaban J connectivity index is 2.27. The molecule has 1 saturated carbocycles. The lowest BCUT2D eigenvalue weighted by atomic mass is 10.0. The SMILES string of the molecule is C#Cc1ccc([C@H]2[C@H](C(=O)O)C2(C)C)cc1. The van der Waals surface area contributed by atoms with Crippen LogP contribution >= 0.6 is 0 Å². The van der Waals surface area contributed by atoms with Crippen molar-refractivity contribution < 1.29 is 9.90 Å². The van der Waals surface area contributed by atoms with E-state index in [1.165, 1.54) is 0 Å². The number of carbonyl (C=O) groups is 1. The highest BCUT2D eigenvalue weighted by Crippen LogP contribution is 2.64. The summed E-state index contributed by atoms with van der Waals surface area (Å²) in [6, 6.07) is 7.60. The van der Waals surface area contributed by atoms with Crippen LogP contribution in [0.3, 0.4) is 0 Å². The average molecular weight is 214 g/mol. The molecule has 1 aromatic rings. The second kappa shape index (κ2) is 3.38. The van der Waals surface area contributed by atoms with E-state index in [9.17, 15) is 4.79 Å². The van der Waals surface area contributed by atoms with Gasteiger partial charge in [0, 0.05) is 11.5 Å². The van der Waals surface area contributed by atoms with Crippen molar-refractivity contribution in [2.24, 2.45) is 11.3 Å². The largest absolute Gasteiger partial charge is 0.481 e. The molecule has 0 amide bonds. The molecule has 2 atom stereocenters. The minimum atomic E-state index is -0.712. The molecule has 1 N–H and O–H groups in total. The average Bonchev–Trinajstić information content (AvgIpc) is 2.82. The fourth-order valence-electron chi connectivity index (χ4n) is 2.51. The van der Waals surface area contributed by atoms with Crippen LogP contribution in [0.1, 0.15) is 30.9 Å². The maximum absolute atomic E-state index is 11.1. The Labute approximate surface area is 95.3 Å². The van der Waals surface area contributed by atoms with E-state index in [4.69, 9.17) is 11.5 Å². The number of rotatable bonds is 2. The van der Waals surface area contributed by atoms with Crippen LogP contribution in [-0.2, 0) is 4.79 Å². The first-order chi connectivity index (χ1) is 7.48. The van der Waals surface area contributed by atoms with Crippen molar-refractivity contribution in [3.05, 3.63) is 35.4 Å². The van der Waals surface area contributed by atoms with Crippen LogP contribution in [0.2, 0.25) is 0 Å². The Morgan fingerprint density at radius 2 is 1.94 bits per heavy atom. The molecule has 1 aliphatic carbocycles. The third-order valence-corrected chi connectivity index (χ3v) is 3.53. The summed E-state index contributed by atoms with van der Waals surface area (Å²) < 4.78 is 0. The molecule has 0 unspecified atom stereocenters.